The first-order valence-corrected chi connectivity index (χ1v) is 9.12. The number of anilines is 1. The predicted molar refractivity (Wildman–Crippen MR) is 104 cm³/mol. The molecule has 0 aliphatic rings. The molecule has 1 aromatic carbocycles. The second kappa shape index (κ2) is 7.20. The van der Waals surface area contributed by atoms with E-state index in [0.717, 1.165) is 37.9 Å². The van der Waals surface area contributed by atoms with Gasteiger partial charge >= 0.3 is 0 Å². The van der Waals surface area contributed by atoms with E-state index in [-0.39, 0.29) is 0 Å². The topological polar surface area (TPSA) is 98.6 Å². The fourth-order valence-corrected chi connectivity index (χ4v) is 3.34. The number of aryl methyl sites for hydroxylation is 2. The molecule has 136 valence electrons. The molecule has 0 radical (unpaired) electrons. The number of hydrogen-bond donors (Lipinski definition) is 1. The molecule has 0 bridgehead atoms. The molecule has 0 atom stereocenters. The fraction of sp³-hybridized carbons (Fsp3) is 0.222. The monoisotopic (exact) mass is 379 g/mol. The van der Waals surface area contributed by atoms with Crippen LogP contribution in [-0.2, 0) is 6.54 Å². The van der Waals surface area contributed by atoms with Gasteiger partial charge in [0.1, 0.15) is 33.4 Å². The molecule has 0 unspecified atom stereocenters. The minimum Gasteiger partial charge on any atom is -0.494 e. The zero-order valence-corrected chi connectivity index (χ0v) is 15.9. The molecular weight excluding hydrogens is 362 g/mol. The Morgan fingerprint density at radius 3 is 2.63 bits per heavy atom. The van der Waals surface area contributed by atoms with Crippen molar-refractivity contribution < 1.29 is 4.74 Å². The number of methoxy groups -OCH3 is 1. The predicted octanol–water partition coefficient (Wildman–Crippen LogP) is 3.18. The van der Waals surface area contributed by atoms with Crippen molar-refractivity contribution in [2.45, 2.75) is 20.4 Å². The van der Waals surface area contributed by atoms with Gasteiger partial charge in [-0.2, -0.15) is 10.2 Å². The Kier molecular flexibility index (Phi) is 4.59. The average Bonchev–Trinajstić information content (AvgIpc) is 3.13. The average molecular weight is 379 g/mol. The minimum atomic E-state index is 0.504. The third kappa shape index (κ3) is 3.54. The van der Waals surface area contributed by atoms with Crippen LogP contribution in [0.2, 0.25) is 0 Å². The van der Waals surface area contributed by atoms with Crippen LogP contribution in [0.25, 0.3) is 21.5 Å². The molecule has 8 nitrogen and oxygen atoms in total. The highest BCUT2D eigenvalue weighted by atomic mass is 32.1. The molecule has 27 heavy (non-hydrogen) atoms. The maximum Gasteiger partial charge on any atom is 0.147 e. The first kappa shape index (κ1) is 17.2. The van der Waals surface area contributed by atoms with E-state index in [1.807, 2.05) is 38.1 Å². The van der Waals surface area contributed by atoms with Crippen molar-refractivity contribution >= 4 is 28.1 Å². The molecule has 0 saturated carbocycles. The van der Waals surface area contributed by atoms with E-state index >= 15 is 0 Å². The lowest BCUT2D eigenvalue weighted by molar-refractivity contribution is 0.419. The number of aromatic nitrogens is 6. The molecule has 0 spiro atoms. The van der Waals surface area contributed by atoms with Crippen molar-refractivity contribution in [2.24, 2.45) is 0 Å². The van der Waals surface area contributed by atoms with E-state index in [2.05, 4.69) is 35.7 Å². The highest BCUT2D eigenvalue weighted by molar-refractivity contribution is 7.14. The van der Waals surface area contributed by atoms with Crippen molar-refractivity contribution in [2.75, 3.05) is 12.4 Å². The number of fused-ring (bicyclic) bond motifs is 1. The van der Waals surface area contributed by atoms with Crippen molar-refractivity contribution in [1.29, 1.82) is 0 Å². The number of nitrogens with zero attached hydrogens (tertiary/aromatic N) is 6. The molecule has 0 amide bonds. The van der Waals surface area contributed by atoms with Crippen molar-refractivity contribution in [3.8, 4) is 16.3 Å². The van der Waals surface area contributed by atoms with Crippen LogP contribution in [0.3, 0.4) is 0 Å². The minimum absolute atomic E-state index is 0.504. The van der Waals surface area contributed by atoms with Gasteiger partial charge in [0.2, 0.25) is 0 Å². The standard InChI is InChI=1S/C18H17N7OS/c1-10-4-5-13(24-22-10)8-19-17-14-6-12(18-25-23-11(2)27-18)7-15(26-3)16(14)20-9-21-17/h4-7,9H,8H2,1-3H3,(H,19,20,21). The van der Waals surface area contributed by atoms with Gasteiger partial charge in [-0.1, -0.05) is 11.3 Å². The molecule has 4 rings (SSSR count). The lowest BCUT2D eigenvalue weighted by atomic mass is 10.1. The molecule has 9 heteroatoms. The maximum atomic E-state index is 5.54. The van der Waals surface area contributed by atoms with Crippen molar-refractivity contribution in [3.63, 3.8) is 0 Å². The lowest BCUT2D eigenvalue weighted by Crippen LogP contribution is -2.05. The second-order valence-electron chi connectivity index (χ2n) is 5.94. The third-order valence-electron chi connectivity index (χ3n) is 3.99. The Morgan fingerprint density at radius 2 is 1.93 bits per heavy atom. The summed E-state index contributed by atoms with van der Waals surface area (Å²) in [4.78, 5) is 8.78. The normalized spacial score (nSPS) is 10.9. The van der Waals surface area contributed by atoms with Crippen LogP contribution in [0.1, 0.15) is 16.4 Å². The van der Waals surface area contributed by atoms with Crippen LogP contribution in [0, 0.1) is 13.8 Å². The van der Waals surface area contributed by atoms with Gasteiger partial charge in [0.25, 0.3) is 0 Å². The quantitative estimate of drug-likeness (QED) is 0.564. The summed E-state index contributed by atoms with van der Waals surface area (Å²) in [6.07, 6.45) is 1.52. The van der Waals surface area contributed by atoms with Crippen LogP contribution in [-0.4, -0.2) is 37.5 Å². The summed E-state index contributed by atoms with van der Waals surface area (Å²) < 4.78 is 5.54. The number of hydrogen-bond acceptors (Lipinski definition) is 9. The molecule has 1 N–H and O–H groups in total. The zero-order valence-electron chi connectivity index (χ0n) is 15.1. The van der Waals surface area contributed by atoms with Crippen LogP contribution >= 0.6 is 11.3 Å². The molecule has 3 heterocycles. The molecular formula is C18H17N7OS. The van der Waals surface area contributed by atoms with Gasteiger partial charge in [-0.05, 0) is 38.1 Å². The molecule has 0 aliphatic carbocycles. The molecule has 3 aromatic heterocycles. The van der Waals surface area contributed by atoms with E-state index in [1.165, 1.54) is 17.7 Å². The number of ether oxygens (including phenoxy) is 1. The number of benzene rings is 1. The van der Waals surface area contributed by atoms with E-state index in [0.29, 0.717) is 18.1 Å². The fourth-order valence-electron chi connectivity index (χ4n) is 2.66. The summed E-state index contributed by atoms with van der Waals surface area (Å²) in [5.41, 5.74) is 3.36. The molecule has 0 aliphatic heterocycles. The Bertz CT molecular complexity index is 1090. The van der Waals surface area contributed by atoms with Gasteiger partial charge in [0, 0.05) is 10.9 Å². The summed E-state index contributed by atoms with van der Waals surface area (Å²) in [7, 11) is 1.63. The summed E-state index contributed by atoms with van der Waals surface area (Å²) >= 11 is 1.53. The summed E-state index contributed by atoms with van der Waals surface area (Å²) in [6, 6.07) is 7.79. The van der Waals surface area contributed by atoms with Crippen LogP contribution in [0.4, 0.5) is 5.82 Å². The second-order valence-corrected chi connectivity index (χ2v) is 7.12. The zero-order chi connectivity index (χ0) is 18.8. The smallest absolute Gasteiger partial charge is 0.147 e. The van der Waals surface area contributed by atoms with Gasteiger partial charge in [-0.15, -0.1) is 10.2 Å². The van der Waals surface area contributed by atoms with E-state index < -0.39 is 0 Å². The van der Waals surface area contributed by atoms with Crippen molar-refractivity contribution in [1.82, 2.24) is 30.4 Å². The largest absolute Gasteiger partial charge is 0.494 e. The van der Waals surface area contributed by atoms with Gasteiger partial charge in [0.05, 0.1) is 25.0 Å². The number of rotatable bonds is 5. The lowest BCUT2D eigenvalue weighted by Gasteiger charge is -2.11. The molecule has 4 aromatic rings. The molecule has 0 fully saturated rings. The highest BCUT2D eigenvalue weighted by Gasteiger charge is 2.14. The first-order chi connectivity index (χ1) is 13.1. The van der Waals surface area contributed by atoms with Crippen LogP contribution in [0.15, 0.2) is 30.6 Å². The third-order valence-corrected chi connectivity index (χ3v) is 4.87. The number of nitrogens with one attached hydrogen (secondary N) is 1. The van der Waals surface area contributed by atoms with Gasteiger partial charge < -0.3 is 10.1 Å². The van der Waals surface area contributed by atoms with Gasteiger partial charge in [-0.25, -0.2) is 9.97 Å². The van der Waals surface area contributed by atoms with Crippen LogP contribution in [0.5, 0.6) is 5.75 Å². The Morgan fingerprint density at radius 1 is 1.04 bits per heavy atom. The van der Waals surface area contributed by atoms with Crippen LogP contribution < -0.4 is 10.1 Å². The van der Waals surface area contributed by atoms with E-state index in [9.17, 15) is 0 Å². The summed E-state index contributed by atoms with van der Waals surface area (Å²) in [5.74, 6) is 1.36. The van der Waals surface area contributed by atoms with Gasteiger partial charge in [0.15, 0.2) is 0 Å². The summed E-state index contributed by atoms with van der Waals surface area (Å²) in [5, 5.41) is 22.5. The maximum absolute atomic E-state index is 5.54. The summed E-state index contributed by atoms with van der Waals surface area (Å²) in [6.45, 7) is 4.34. The van der Waals surface area contributed by atoms with Gasteiger partial charge in [-0.3, -0.25) is 0 Å². The van der Waals surface area contributed by atoms with E-state index in [4.69, 9.17) is 4.74 Å². The SMILES string of the molecule is COc1cc(-c2nnc(C)s2)cc2c(NCc3ccc(C)nn3)ncnc12. The Labute approximate surface area is 159 Å². The highest BCUT2D eigenvalue weighted by Crippen LogP contribution is 2.34. The van der Waals surface area contributed by atoms with Crippen molar-refractivity contribution in [3.05, 3.63) is 47.0 Å². The molecule has 0 saturated heterocycles. The Balaban J connectivity index is 1.74. The first-order valence-electron chi connectivity index (χ1n) is 8.30. The van der Waals surface area contributed by atoms with E-state index in [1.54, 1.807) is 7.11 Å². The Hall–Kier alpha value is -3.20.